The van der Waals surface area contributed by atoms with E-state index < -0.39 is 15.6 Å². The Kier molecular flexibility index (Phi) is 4.95. The fourth-order valence-corrected chi connectivity index (χ4v) is 5.48. The van der Waals surface area contributed by atoms with Gasteiger partial charge in [-0.25, -0.2) is 13.2 Å². The summed E-state index contributed by atoms with van der Waals surface area (Å²) in [6.45, 7) is 1.14. The van der Waals surface area contributed by atoms with Gasteiger partial charge in [0.2, 0.25) is 10.0 Å². The highest BCUT2D eigenvalue weighted by molar-refractivity contribution is 7.89. The van der Waals surface area contributed by atoms with Crippen LogP contribution in [0.4, 0.5) is 5.69 Å². The van der Waals surface area contributed by atoms with Crippen LogP contribution in [0, 0.1) is 0 Å². The van der Waals surface area contributed by atoms with Crippen molar-refractivity contribution in [2.45, 2.75) is 23.8 Å². The van der Waals surface area contributed by atoms with Crippen molar-refractivity contribution >= 4 is 26.7 Å². The molecule has 3 aromatic rings. The molecule has 2 aromatic carbocycles. The first kappa shape index (κ1) is 18.7. The van der Waals surface area contributed by atoms with Gasteiger partial charge in [0.15, 0.2) is 0 Å². The molecule has 0 amide bonds. The number of benzene rings is 2. The molecule has 1 fully saturated rings. The van der Waals surface area contributed by atoms with E-state index in [0.717, 1.165) is 18.5 Å². The van der Waals surface area contributed by atoms with Gasteiger partial charge in [-0.3, -0.25) is 0 Å². The van der Waals surface area contributed by atoms with Gasteiger partial charge in [0.1, 0.15) is 5.58 Å². The minimum Gasteiger partial charge on any atom is -0.423 e. The van der Waals surface area contributed by atoms with E-state index in [9.17, 15) is 13.2 Å². The van der Waals surface area contributed by atoms with Crippen molar-refractivity contribution in [3.8, 4) is 0 Å². The van der Waals surface area contributed by atoms with Gasteiger partial charge in [-0.05, 0) is 49.2 Å². The zero-order chi connectivity index (χ0) is 19.7. The predicted molar refractivity (Wildman–Crippen MR) is 109 cm³/mol. The Labute approximate surface area is 164 Å². The van der Waals surface area contributed by atoms with Crippen LogP contribution in [0.5, 0.6) is 0 Å². The lowest BCUT2D eigenvalue weighted by atomic mass is 10.2. The fraction of sp³-hybridized carbons (Fsp3) is 0.286. The fourth-order valence-electron chi connectivity index (χ4n) is 3.76. The van der Waals surface area contributed by atoms with Gasteiger partial charge in [0.05, 0.1) is 4.90 Å². The van der Waals surface area contributed by atoms with Gasteiger partial charge in [0.25, 0.3) is 0 Å². The number of fused-ring (bicyclic) bond motifs is 1. The van der Waals surface area contributed by atoms with E-state index in [1.54, 1.807) is 22.5 Å². The summed E-state index contributed by atoms with van der Waals surface area (Å²) in [5.74, 6) is 0. The highest BCUT2D eigenvalue weighted by Gasteiger charge is 2.36. The van der Waals surface area contributed by atoms with Crippen LogP contribution in [-0.2, 0) is 10.0 Å². The number of rotatable bonds is 5. The topological polar surface area (TPSA) is 70.8 Å². The van der Waals surface area contributed by atoms with Crippen molar-refractivity contribution in [3.05, 3.63) is 71.1 Å². The molecule has 7 heteroatoms. The average molecular weight is 398 g/mol. The Morgan fingerprint density at radius 3 is 2.68 bits per heavy atom. The molecule has 0 aliphatic carbocycles. The lowest BCUT2D eigenvalue weighted by Gasteiger charge is -2.29. The van der Waals surface area contributed by atoms with E-state index in [4.69, 9.17) is 4.42 Å². The van der Waals surface area contributed by atoms with Crippen LogP contribution >= 0.6 is 0 Å². The zero-order valence-corrected chi connectivity index (χ0v) is 16.4. The van der Waals surface area contributed by atoms with E-state index in [-0.39, 0.29) is 10.9 Å². The number of likely N-dealkylation sites (N-methyl/N-ethyl adjacent to an activating group) is 1. The summed E-state index contributed by atoms with van der Waals surface area (Å²) in [4.78, 5) is 13.7. The molecule has 1 aromatic heterocycles. The molecule has 0 bridgehead atoms. The van der Waals surface area contributed by atoms with E-state index in [2.05, 4.69) is 4.90 Å². The summed E-state index contributed by atoms with van der Waals surface area (Å²) in [7, 11) is -1.65. The first-order valence-corrected chi connectivity index (χ1v) is 10.7. The monoisotopic (exact) mass is 398 g/mol. The smallest absolute Gasteiger partial charge is 0.336 e. The lowest BCUT2D eigenvalue weighted by Crippen LogP contribution is -2.42. The van der Waals surface area contributed by atoms with Crippen LogP contribution in [0.1, 0.15) is 12.8 Å². The van der Waals surface area contributed by atoms with Crippen LogP contribution in [0.3, 0.4) is 0 Å². The molecule has 0 spiro atoms. The number of anilines is 1. The summed E-state index contributed by atoms with van der Waals surface area (Å²) in [6.07, 6.45) is 1.67. The van der Waals surface area contributed by atoms with Crippen molar-refractivity contribution in [1.82, 2.24) is 4.31 Å². The number of nitrogens with zero attached hydrogens (tertiary/aromatic N) is 2. The summed E-state index contributed by atoms with van der Waals surface area (Å²) in [6, 6.07) is 17.4. The maximum absolute atomic E-state index is 13.3. The predicted octanol–water partition coefficient (Wildman–Crippen LogP) is 3.08. The molecule has 1 aliphatic rings. The lowest BCUT2D eigenvalue weighted by molar-refractivity contribution is 0.389. The Balaban J connectivity index is 1.61. The summed E-state index contributed by atoms with van der Waals surface area (Å²) in [5.41, 5.74) is 0.993. The molecule has 0 radical (unpaired) electrons. The quantitative estimate of drug-likeness (QED) is 0.618. The first-order chi connectivity index (χ1) is 13.4. The van der Waals surface area contributed by atoms with Crippen molar-refractivity contribution in [1.29, 1.82) is 0 Å². The second-order valence-electron chi connectivity index (χ2n) is 7.08. The molecular formula is C21H22N2O4S. The van der Waals surface area contributed by atoms with E-state index >= 15 is 0 Å². The number of sulfonamides is 1. The van der Waals surface area contributed by atoms with Gasteiger partial charge in [-0.2, -0.15) is 4.31 Å². The normalized spacial score (nSPS) is 17.8. The number of hydrogen-bond donors (Lipinski definition) is 0. The molecule has 1 atom stereocenters. The zero-order valence-electron chi connectivity index (χ0n) is 15.6. The Morgan fingerprint density at radius 2 is 1.89 bits per heavy atom. The highest BCUT2D eigenvalue weighted by Crippen LogP contribution is 2.29. The standard InChI is InChI=1S/C21H22N2O4S/c1-22(17-6-3-2-4-7-17)15-18-8-5-13-23(18)28(25,26)19-10-11-20-16(14-19)9-12-21(24)27-20/h2-4,6-7,9-12,14,18H,5,8,13,15H2,1H3/t18-/m0/s1. The maximum atomic E-state index is 13.3. The minimum atomic E-state index is -3.63. The first-order valence-electron chi connectivity index (χ1n) is 9.27. The summed E-state index contributed by atoms with van der Waals surface area (Å²) < 4.78 is 33.3. The molecule has 0 N–H and O–H groups in total. The summed E-state index contributed by atoms with van der Waals surface area (Å²) >= 11 is 0. The minimum absolute atomic E-state index is 0.0837. The molecule has 28 heavy (non-hydrogen) atoms. The average Bonchev–Trinajstić information content (AvgIpc) is 3.17. The van der Waals surface area contributed by atoms with Gasteiger partial charge in [-0.15, -0.1) is 0 Å². The largest absolute Gasteiger partial charge is 0.423 e. The van der Waals surface area contributed by atoms with Crippen molar-refractivity contribution < 1.29 is 12.8 Å². The van der Waals surface area contributed by atoms with Gasteiger partial charge >= 0.3 is 5.63 Å². The molecule has 2 heterocycles. The molecule has 4 rings (SSSR count). The van der Waals surface area contributed by atoms with Crippen LogP contribution in [0.2, 0.25) is 0 Å². The van der Waals surface area contributed by atoms with Gasteiger partial charge < -0.3 is 9.32 Å². The van der Waals surface area contributed by atoms with Crippen LogP contribution in [0.15, 0.2) is 74.8 Å². The molecule has 6 nitrogen and oxygen atoms in total. The Bertz CT molecular complexity index is 1140. The SMILES string of the molecule is CN(C[C@@H]1CCCN1S(=O)(=O)c1ccc2oc(=O)ccc2c1)c1ccccc1. The van der Waals surface area contributed by atoms with Gasteiger partial charge in [0, 0.05) is 43.3 Å². The third-order valence-corrected chi connectivity index (χ3v) is 7.15. The van der Waals surface area contributed by atoms with E-state index in [1.165, 1.54) is 12.1 Å². The van der Waals surface area contributed by atoms with Crippen molar-refractivity contribution in [3.63, 3.8) is 0 Å². The molecule has 0 unspecified atom stereocenters. The highest BCUT2D eigenvalue weighted by atomic mass is 32.2. The molecular weight excluding hydrogens is 376 g/mol. The third-order valence-electron chi connectivity index (χ3n) is 5.20. The molecule has 1 saturated heterocycles. The second kappa shape index (κ2) is 7.41. The van der Waals surface area contributed by atoms with Crippen LogP contribution in [-0.4, -0.2) is 38.9 Å². The van der Waals surface area contributed by atoms with Crippen LogP contribution in [0.25, 0.3) is 11.0 Å². The Morgan fingerprint density at radius 1 is 1.11 bits per heavy atom. The number of para-hydroxylation sites is 1. The summed E-state index contributed by atoms with van der Waals surface area (Å²) in [5, 5.41) is 0.595. The van der Waals surface area contributed by atoms with Crippen LogP contribution < -0.4 is 10.5 Å². The van der Waals surface area contributed by atoms with Crippen molar-refractivity contribution in [2.24, 2.45) is 0 Å². The maximum Gasteiger partial charge on any atom is 0.336 e. The van der Waals surface area contributed by atoms with E-state index in [1.807, 2.05) is 37.4 Å². The second-order valence-corrected chi connectivity index (χ2v) is 8.97. The Hall–Kier alpha value is -2.64. The van der Waals surface area contributed by atoms with Gasteiger partial charge in [-0.1, -0.05) is 18.2 Å². The molecule has 146 valence electrons. The molecule has 1 aliphatic heterocycles. The van der Waals surface area contributed by atoms with E-state index in [0.29, 0.717) is 24.1 Å². The molecule has 0 saturated carbocycles. The van der Waals surface area contributed by atoms with Crippen molar-refractivity contribution in [2.75, 3.05) is 25.0 Å². The third kappa shape index (κ3) is 3.55. The number of hydrogen-bond acceptors (Lipinski definition) is 5.